The maximum Gasteiger partial charge on any atom is 0.329 e. The number of esters is 1. The first-order valence-corrected chi connectivity index (χ1v) is 9.97. The molecule has 2 atom stereocenters. The molecule has 3 rings (SSSR count). The lowest BCUT2D eigenvalue weighted by Crippen LogP contribution is -2.43. The van der Waals surface area contributed by atoms with Crippen LogP contribution in [0.3, 0.4) is 0 Å². The second-order valence-electron chi connectivity index (χ2n) is 6.22. The van der Waals surface area contributed by atoms with Crippen molar-refractivity contribution in [2.75, 3.05) is 19.5 Å². The molecule has 1 aromatic carbocycles. The first kappa shape index (κ1) is 19.4. The number of hydrogen-bond acceptors (Lipinski definition) is 6. The molecule has 0 radical (unpaired) electrons. The van der Waals surface area contributed by atoms with E-state index >= 15 is 0 Å². The number of benzene rings is 1. The molecule has 1 aliphatic heterocycles. The average Bonchev–Trinajstić information content (AvgIpc) is 3.37. The number of hydrogen-bond donors (Lipinski definition) is 0. The fraction of sp³-hybridized carbons (Fsp3) is 0.400. The van der Waals surface area contributed by atoms with E-state index in [4.69, 9.17) is 13.9 Å². The van der Waals surface area contributed by atoms with Gasteiger partial charge in [-0.2, -0.15) is 0 Å². The quantitative estimate of drug-likeness (QED) is 0.529. The normalized spacial score (nSPS) is 19.1. The smallest absolute Gasteiger partial charge is 0.329 e. The van der Waals surface area contributed by atoms with Crippen molar-refractivity contribution < 1.29 is 23.5 Å². The zero-order valence-electron chi connectivity index (χ0n) is 15.4. The van der Waals surface area contributed by atoms with E-state index in [-0.39, 0.29) is 17.3 Å². The zero-order chi connectivity index (χ0) is 19.2. The Labute approximate surface area is 162 Å². The van der Waals surface area contributed by atoms with Gasteiger partial charge in [-0.15, -0.1) is 11.8 Å². The first-order chi connectivity index (χ1) is 13.2. The molecule has 0 saturated carbocycles. The fourth-order valence-corrected chi connectivity index (χ4v) is 4.30. The second kappa shape index (κ2) is 8.99. The Morgan fingerprint density at radius 1 is 1.26 bits per heavy atom. The highest BCUT2D eigenvalue weighted by Crippen LogP contribution is 2.42. The van der Waals surface area contributed by atoms with Crippen LogP contribution in [-0.4, -0.2) is 42.3 Å². The third-order valence-corrected chi connectivity index (χ3v) is 5.74. The Kier molecular flexibility index (Phi) is 6.45. The lowest BCUT2D eigenvalue weighted by molar-refractivity contribution is -0.148. The maximum absolute atomic E-state index is 13.2. The molecule has 6 nitrogen and oxygen atoms in total. The fourth-order valence-electron chi connectivity index (χ4n) is 2.90. The predicted molar refractivity (Wildman–Crippen MR) is 103 cm³/mol. The molecule has 1 amide bonds. The van der Waals surface area contributed by atoms with E-state index in [9.17, 15) is 9.59 Å². The third-order valence-electron chi connectivity index (χ3n) is 4.41. The average molecular weight is 389 g/mol. The molecule has 1 fully saturated rings. The Morgan fingerprint density at radius 2 is 2.04 bits per heavy atom. The highest BCUT2D eigenvalue weighted by atomic mass is 32.2. The van der Waals surface area contributed by atoms with Gasteiger partial charge in [0, 0.05) is 16.9 Å². The van der Waals surface area contributed by atoms with Crippen molar-refractivity contribution in [1.29, 1.82) is 0 Å². The highest BCUT2D eigenvalue weighted by molar-refractivity contribution is 7.99. The van der Waals surface area contributed by atoms with Crippen LogP contribution in [-0.2, 0) is 9.53 Å². The van der Waals surface area contributed by atoms with Crippen LogP contribution in [0.15, 0.2) is 47.3 Å². The van der Waals surface area contributed by atoms with E-state index in [2.05, 4.69) is 0 Å². The number of unbranched alkanes of at least 4 members (excludes halogenated alkanes) is 1. The lowest BCUT2D eigenvalue weighted by atomic mass is 10.1. The van der Waals surface area contributed by atoms with Crippen molar-refractivity contribution in [3.05, 3.63) is 54.0 Å². The van der Waals surface area contributed by atoms with Crippen LogP contribution in [0.4, 0.5) is 0 Å². The van der Waals surface area contributed by atoms with Gasteiger partial charge in [0.05, 0.1) is 26.2 Å². The van der Waals surface area contributed by atoms with Crippen LogP contribution in [0.2, 0.25) is 0 Å². The summed E-state index contributed by atoms with van der Waals surface area (Å²) in [5.74, 6) is 0.585. The van der Waals surface area contributed by atoms with Gasteiger partial charge in [-0.3, -0.25) is 4.79 Å². The Balaban J connectivity index is 1.85. The summed E-state index contributed by atoms with van der Waals surface area (Å²) in [4.78, 5) is 27.4. The van der Waals surface area contributed by atoms with Gasteiger partial charge in [0.1, 0.15) is 17.2 Å². The molecule has 2 unspecified atom stereocenters. The van der Waals surface area contributed by atoms with Gasteiger partial charge < -0.3 is 18.8 Å². The van der Waals surface area contributed by atoms with Gasteiger partial charge in [0.15, 0.2) is 0 Å². The highest BCUT2D eigenvalue weighted by Gasteiger charge is 2.43. The molecule has 1 aromatic heterocycles. The summed E-state index contributed by atoms with van der Waals surface area (Å²) in [5, 5.41) is -0.290. The molecule has 0 bridgehead atoms. The van der Waals surface area contributed by atoms with Crippen molar-refractivity contribution in [1.82, 2.24) is 4.90 Å². The minimum Gasteiger partial charge on any atom is -0.497 e. The summed E-state index contributed by atoms with van der Waals surface area (Å²) in [5.41, 5.74) is 1.35. The summed E-state index contributed by atoms with van der Waals surface area (Å²) >= 11 is 1.53. The van der Waals surface area contributed by atoms with E-state index in [0.29, 0.717) is 23.7 Å². The number of ether oxygens (including phenoxy) is 2. The van der Waals surface area contributed by atoms with E-state index in [1.54, 1.807) is 48.8 Å². The number of methoxy groups -OCH3 is 1. The molecule has 0 aliphatic carbocycles. The molecular formula is C20H23NO5S. The monoisotopic (exact) mass is 389 g/mol. The van der Waals surface area contributed by atoms with Crippen molar-refractivity contribution in [3.8, 4) is 5.75 Å². The minimum atomic E-state index is -0.624. The van der Waals surface area contributed by atoms with Gasteiger partial charge in [-0.25, -0.2) is 4.79 Å². The van der Waals surface area contributed by atoms with Crippen LogP contribution in [0.1, 0.15) is 41.1 Å². The molecule has 2 aromatic rings. The van der Waals surface area contributed by atoms with Gasteiger partial charge in [0.2, 0.25) is 0 Å². The predicted octanol–water partition coefficient (Wildman–Crippen LogP) is 3.89. The van der Waals surface area contributed by atoms with Gasteiger partial charge in [0.25, 0.3) is 5.91 Å². The van der Waals surface area contributed by atoms with Crippen LogP contribution < -0.4 is 4.74 Å². The summed E-state index contributed by atoms with van der Waals surface area (Å²) in [6, 6.07) is 8.07. The molecular weight excluding hydrogens is 366 g/mol. The molecule has 0 N–H and O–H groups in total. The number of carbonyl (C=O) groups is 2. The Bertz CT molecular complexity index is 759. The molecule has 27 heavy (non-hydrogen) atoms. The number of nitrogens with zero attached hydrogens (tertiary/aromatic N) is 1. The van der Waals surface area contributed by atoms with E-state index in [1.807, 2.05) is 13.0 Å². The van der Waals surface area contributed by atoms with Crippen LogP contribution in [0.5, 0.6) is 5.75 Å². The summed E-state index contributed by atoms with van der Waals surface area (Å²) in [7, 11) is 1.57. The number of thioether (sulfide) groups is 1. The van der Waals surface area contributed by atoms with Crippen molar-refractivity contribution >= 4 is 23.6 Å². The SMILES string of the molecule is CCCCOC(=O)C1CSC(c2ccoc2)N1C(=O)c1ccc(OC)cc1. The van der Waals surface area contributed by atoms with E-state index in [0.717, 1.165) is 18.4 Å². The first-order valence-electron chi connectivity index (χ1n) is 8.92. The number of rotatable bonds is 7. The third kappa shape index (κ3) is 4.30. The van der Waals surface area contributed by atoms with E-state index in [1.165, 1.54) is 11.8 Å². The molecule has 0 spiro atoms. The van der Waals surface area contributed by atoms with Crippen molar-refractivity contribution in [2.24, 2.45) is 0 Å². The van der Waals surface area contributed by atoms with Gasteiger partial charge >= 0.3 is 5.97 Å². The van der Waals surface area contributed by atoms with Gasteiger partial charge in [-0.1, -0.05) is 13.3 Å². The molecule has 2 heterocycles. The molecule has 144 valence electrons. The van der Waals surface area contributed by atoms with Crippen LogP contribution in [0, 0.1) is 0 Å². The van der Waals surface area contributed by atoms with Gasteiger partial charge in [-0.05, 0) is 36.8 Å². The number of amides is 1. The molecule has 1 aliphatic rings. The van der Waals surface area contributed by atoms with Crippen molar-refractivity contribution in [3.63, 3.8) is 0 Å². The summed E-state index contributed by atoms with van der Waals surface area (Å²) < 4.78 is 15.7. The van der Waals surface area contributed by atoms with Crippen LogP contribution in [0.25, 0.3) is 0 Å². The lowest BCUT2D eigenvalue weighted by Gasteiger charge is -2.28. The topological polar surface area (TPSA) is 69.0 Å². The molecule has 1 saturated heterocycles. The second-order valence-corrected chi connectivity index (χ2v) is 7.33. The zero-order valence-corrected chi connectivity index (χ0v) is 16.2. The Morgan fingerprint density at radius 3 is 2.67 bits per heavy atom. The Hall–Kier alpha value is -2.41. The molecule has 7 heteroatoms. The summed E-state index contributed by atoms with van der Waals surface area (Å²) in [6.07, 6.45) is 4.93. The largest absolute Gasteiger partial charge is 0.497 e. The maximum atomic E-state index is 13.2. The summed E-state index contributed by atoms with van der Waals surface area (Å²) in [6.45, 7) is 2.41. The van der Waals surface area contributed by atoms with E-state index < -0.39 is 6.04 Å². The van der Waals surface area contributed by atoms with Crippen molar-refractivity contribution in [2.45, 2.75) is 31.2 Å². The number of furan rings is 1. The minimum absolute atomic E-state index is 0.216. The van der Waals surface area contributed by atoms with Crippen LogP contribution >= 0.6 is 11.8 Å². The standard InChI is InChI=1S/C20H23NO5S/c1-3-4-10-26-20(23)17-13-27-19(15-9-11-25-12-15)21(17)18(22)14-5-7-16(24-2)8-6-14/h5-9,11-12,17,19H,3-4,10,13H2,1-2H3. The number of carbonyl (C=O) groups excluding carboxylic acids is 2.